The summed E-state index contributed by atoms with van der Waals surface area (Å²) in [5.74, 6) is -2.41. The Labute approximate surface area is 250 Å². The first kappa shape index (κ1) is 34.1. The summed E-state index contributed by atoms with van der Waals surface area (Å²) in [5.41, 5.74) is 18.3. The minimum absolute atomic E-state index is 0.0608. The summed E-state index contributed by atoms with van der Waals surface area (Å²) in [5, 5.41) is 17.8. The molecule has 13 heteroatoms. The highest BCUT2D eigenvalue weighted by Gasteiger charge is 2.30. The molecule has 228 valence electrons. The molecule has 0 radical (unpaired) electrons. The topological polar surface area (TPSA) is 215 Å². The van der Waals surface area contributed by atoms with E-state index in [4.69, 9.17) is 17.2 Å². The van der Waals surface area contributed by atoms with Gasteiger partial charge in [-0.25, -0.2) is 4.79 Å². The number of rotatable bonds is 18. The van der Waals surface area contributed by atoms with Crippen LogP contribution in [0.3, 0.4) is 0 Å². The van der Waals surface area contributed by atoms with Gasteiger partial charge in [0, 0.05) is 19.4 Å². The minimum Gasteiger partial charge on any atom is -0.480 e. The van der Waals surface area contributed by atoms with Gasteiger partial charge in [0.2, 0.25) is 17.7 Å². The number of nitrogens with one attached hydrogen (secondary N) is 3. The van der Waals surface area contributed by atoms with E-state index in [1.54, 1.807) is 60.3 Å². The molecule has 4 atom stereocenters. The van der Waals surface area contributed by atoms with Crippen LogP contribution in [0.1, 0.15) is 30.4 Å². The number of nitrogens with two attached hydrogens (primary N) is 3. The number of carboxylic acid groups (broad SMARTS) is 1. The summed E-state index contributed by atoms with van der Waals surface area (Å²) in [6.07, 6.45) is 3.02. The van der Waals surface area contributed by atoms with Crippen LogP contribution in [0.25, 0.3) is 0 Å². The molecule has 2 rings (SSSR count). The van der Waals surface area contributed by atoms with Crippen molar-refractivity contribution >= 4 is 41.4 Å². The van der Waals surface area contributed by atoms with Crippen LogP contribution in [0, 0.1) is 0 Å². The monoisotopic (exact) mass is 599 g/mol. The maximum Gasteiger partial charge on any atom is 0.326 e. The first-order valence-electron chi connectivity index (χ1n) is 13.6. The molecule has 0 aromatic heterocycles. The third-order valence-electron chi connectivity index (χ3n) is 6.36. The number of hydrogen-bond acceptors (Lipinski definition) is 7. The number of carboxylic acids is 1. The fourth-order valence-electron chi connectivity index (χ4n) is 4.08. The lowest BCUT2D eigenvalue weighted by atomic mass is 10.0. The van der Waals surface area contributed by atoms with Crippen LogP contribution in [0.5, 0.6) is 0 Å². The van der Waals surface area contributed by atoms with Crippen molar-refractivity contribution in [3.05, 3.63) is 71.8 Å². The van der Waals surface area contributed by atoms with Gasteiger partial charge in [-0.2, -0.15) is 11.8 Å². The average molecular weight is 600 g/mol. The van der Waals surface area contributed by atoms with Crippen molar-refractivity contribution in [2.75, 3.05) is 18.6 Å². The number of nitrogens with zero attached hydrogens (tertiary/aromatic N) is 1. The summed E-state index contributed by atoms with van der Waals surface area (Å²) < 4.78 is 0. The molecule has 12 nitrogen and oxygen atoms in total. The van der Waals surface area contributed by atoms with Crippen LogP contribution >= 0.6 is 11.8 Å². The normalized spacial score (nSPS) is 13.6. The van der Waals surface area contributed by atoms with E-state index in [0.29, 0.717) is 18.6 Å². The fourth-order valence-corrected chi connectivity index (χ4v) is 4.57. The largest absolute Gasteiger partial charge is 0.480 e. The lowest BCUT2D eigenvalue weighted by Crippen LogP contribution is -2.57. The third-order valence-corrected chi connectivity index (χ3v) is 7.00. The molecule has 0 fully saturated rings. The van der Waals surface area contributed by atoms with Gasteiger partial charge in [0.25, 0.3) is 0 Å². The summed E-state index contributed by atoms with van der Waals surface area (Å²) in [4.78, 5) is 55.7. The first-order valence-corrected chi connectivity index (χ1v) is 15.0. The number of aliphatic imine (C=N–C) groups is 1. The van der Waals surface area contributed by atoms with Gasteiger partial charge in [-0.3, -0.25) is 19.4 Å². The van der Waals surface area contributed by atoms with E-state index in [2.05, 4.69) is 20.9 Å². The molecule has 0 saturated carbocycles. The Kier molecular flexibility index (Phi) is 14.9. The highest BCUT2D eigenvalue weighted by Crippen LogP contribution is 2.09. The summed E-state index contributed by atoms with van der Waals surface area (Å²) >= 11 is 1.55. The quantitative estimate of drug-likeness (QED) is 0.0704. The smallest absolute Gasteiger partial charge is 0.326 e. The van der Waals surface area contributed by atoms with Crippen molar-refractivity contribution in [2.24, 2.45) is 22.2 Å². The van der Waals surface area contributed by atoms with E-state index in [-0.39, 0.29) is 31.8 Å². The van der Waals surface area contributed by atoms with Crippen LogP contribution in [-0.2, 0) is 32.0 Å². The SMILES string of the molecule is CSCCC(N)C(=O)NC(CCCN=C(N)N)C(=O)NC(Cc1ccccc1)C(=O)NC(Cc1ccccc1)C(=O)O. The predicted octanol–water partition coefficient (Wildman–Crippen LogP) is 0.145. The van der Waals surface area contributed by atoms with E-state index in [1.165, 1.54) is 0 Å². The number of thioether (sulfide) groups is 1. The van der Waals surface area contributed by atoms with Gasteiger partial charge in [-0.05, 0) is 42.4 Å². The Balaban J connectivity index is 2.24. The van der Waals surface area contributed by atoms with Crippen molar-refractivity contribution in [1.82, 2.24) is 16.0 Å². The van der Waals surface area contributed by atoms with Crippen molar-refractivity contribution in [3.63, 3.8) is 0 Å². The van der Waals surface area contributed by atoms with Crippen LogP contribution < -0.4 is 33.2 Å². The molecular formula is C29H41N7O5S. The van der Waals surface area contributed by atoms with Crippen molar-refractivity contribution in [2.45, 2.75) is 56.3 Å². The highest BCUT2D eigenvalue weighted by molar-refractivity contribution is 7.98. The van der Waals surface area contributed by atoms with Crippen LogP contribution in [0.15, 0.2) is 65.7 Å². The highest BCUT2D eigenvalue weighted by atomic mass is 32.2. The number of aliphatic carboxylic acids is 1. The lowest BCUT2D eigenvalue weighted by Gasteiger charge is -2.25. The number of carbonyl (C=O) groups is 4. The van der Waals surface area contributed by atoms with Gasteiger partial charge >= 0.3 is 5.97 Å². The molecule has 0 heterocycles. The zero-order chi connectivity index (χ0) is 30.9. The number of carbonyl (C=O) groups excluding carboxylic acids is 3. The number of guanidine groups is 1. The Morgan fingerprint density at radius 2 is 1.29 bits per heavy atom. The molecule has 42 heavy (non-hydrogen) atoms. The van der Waals surface area contributed by atoms with Gasteiger partial charge in [0.05, 0.1) is 6.04 Å². The van der Waals surface area contributed by atoms with E-state index < -0.39 is 47.9 Å². The van der Waals surface area contributed by atoms with Gasteiger partial charge in [0.15, 0.2) is 5.96 Å². The van der Waals surface area contributed by atoms with E-state index >= 15 is 0 Å². The second kappa shape index (κ2) is 18.4. The fraction of sp³-hybridized carbons (Fsp3) is 0.414. The lowest BCUT2D eigenvalue weighted by molar-refractivity contribution is -0.142. The predicted molar refractivity (Wildman–Crippen MR) is 165 cm³/mol. The Morgan fingerprint density at radius 1 is 0.786 bits per heavy atom. The first-order chi connectivity index (χ1) is 20.1. The Morgan fingerprint density at radius 3 is 1.81 bits per heavy atom. The molecule has 2 aromatic carbocycles. The van der Waals surface area contributed by atoms with Crippen molar-refractivity contribution in [1.29, 1.82) is 0 Å². The van der Waals surface area contributed by atoms with E-state index in [9.17, 15) is 24.3 Å². The zero-order valence-corrected chi connectivity index (χ0v) is 24.5. The summed E-state index contributed by atoms with van der Waals surface area (Å²) in [7, 11) is 0. The molecule has 4 unspecified atom stereocenters. The molecule has 0 saturated heterocycles. The molecule has 0 bridgehead atoms. The Hall–Kier alpha value is -4.10. The summed E-state index contributed by atoms with van der Waals surface area (Å²) in [6.45, 7) is 0.230. The molecule has 3 amide bonds. The zero-order valence-electron chi connectivity index (χ0n) is 23.7. The minimum atomic E-state index is -1.22. The number of benzene rings is 2. The van der Waals surface area contributed by atoms with E-state index in [0.717, 1.165) is 11.1 Å². The number of amides is 3. The average Bonchev–Trinajstić information content (AvgIpc) is 2.97. The molecule has 0 spiro atoms. The van der Waals surface area contributed by atoms with Crippen LogP contribution in [0.4, 0.5) is 0 Å². The van der Waals surface area contributed by atoms with E-state index in [1.807, 2.05) is 18.4 Å². The molecule has 0 aliphatic carbocycles. The molecule has 2 aromatic rings. The molecule has 0 aliphatic heterocycles. The van der Waals surface area contributed by atoms with Gasteiger partial charge < -0.3 is 38.3 Å². The van der Waals surface area contributed by atoms with Crippen molar-refractivity contribution in [3.8, 4) is 0 Å². The second-order valence-corrected chi connectivity index (χ2v) is 10.7. The number of hydrogen-bond donors (Lipinski definition) is 7. The molecule has 0 aliphatic rings. The maximum atomic E-state index is 13.5. The standard InChI is InChI=1S/C29H41N7O5S/c1-42-16-14-21(30)25(37)34-22(13-8-15-33-29(31)32)26(38)35-23(17-19-9-4-2-5-10-19)27(39)36-24(28(40)41)18-20-11-6-3-7-12-20/h2-7,9-12,21-24H,8,13-18,30H2,1H3,(H,34,37)(H,35,38)(H,36,39)(H,40,41)(H4,31,32,33). The molecular weight excluding hydrogens is 558 g/mol. The molecule has 10 N–H and O–H groups in total. The summed E-state index contributed by atoms with van der Waals surface area (Å²) in [6, 6.07) is 13.7. The Bertz CT molecular complexity index is 1180. The maximum absolute atomic E-state index is 13.5. The van der Waals surface area contributed by atoms with Crippen molar-refractivity contribution < 1.29 is 24.3 Å². The van der Waals surface area contributed by atoms with Crippen LogP contribution in [0.2, 0.25) is 0 Å². The van der Waals surface area contributed by atoms with Crippen LogP contribution in [-0.4, -0.2) is 77.5 Å². The van der Waals surface area contributed by atoms with Gasteiger partial charge in [-0.15, -0.1) is 0 Å². The second-order valence-electron chi connectivity index (χ2n) is 9.74. The van der Waals surface area contributed by atoms with Gasteiger partial charge in [0.1, 0.15) is 18.1 Å². The van der Waals surface area contributed by atoms with Gasteiger partial charge in [-0.1, -0.05) is 60.7 Å². The third kappa shape index (κ3) is 12.6.